The number of rotatable bonds is 4. The van der Waals surface area contributed by atoms with Gasteiger partial charge in [0.25, 0.3) is 0 Å². The number of hydrogen-bond acceptors (Lipinski definition) is 3. The van der Waals surface area contributed by atoms with E-state index in [2.05, 4.69) is 10.2 Å². The molecule has 0 bridgehead atoms. The molecule has 5 heteroatoms. The highest BCUT2D eigenvalue weighted by atomic mass is 16.2. The van der Waals surface area contributed by atoms with Crippen LogP contribution in [0.2, 0.25) is 0 Å². The molecule has 2 amide bonds. The quantitative estimate of drug-likeness (QED) is 0.834. The van der Waals surface area contributed by atoms with Gasteiger partial charge in [-0.1, -0.05) is 18.2 Å². The summed E-state index contributed by atoms with van der Waals surface area (Å²) in [6, 6.07) is 9.40. The van der Waals surface area contributed by atoms with Gasteiger partial charge in [0.15, 0.2) is 0 Å². The van der Waals surface area contributed by atoms with E-state index in [4.69, 9.17) is 0 Å². The Bertz CT molecular complexity index is 414. The molecule has 1 aliphatic rings. The minimum absolute atomic E-state index is 0.0544. The molecular weight excluding hydrogens is 242 g/mol. The first-order valence-corrected chi connectivity index (χ1v) is 6.56. The van der Waals surface area contributed by atoms with Crippen molar-refractivity contribution in [2.45, 2.75) is 6.42 Å². The van der Waals surface area contributed by atoms with Crippen molar-refractivity contribution in [2.24, 2.45) is 0 Å². The Hall–Kier alpha value is -1.88. The van der Waals surface area contributed by atoms with Crippen LogP contribution in [-0.2, 0) is 4.79 Å². The van der Waals surface area contributed by atoms with Crippen LogP contribution in [0.3, 0.4) is 0 Å². The van der Waals surface area contributed by atoms with Crippen LogP contribution in [-0.4, -0.2) is 54.8 Å². The predicted octanol–water partition coefficient (Wildman–Crippen LogP) is 1.43. The maximum atomic E-state index is 12.0. The van der Waals surface area contributed by atoms with Crippen molar-refractivity contribution in [2.75, 3.05) is 38.0 Å². The summed E-state index contributed by atoms with van der Waals surface area (Å²) in [5.74, 6) is 0. The number of aldehydes is 1. The summed E-state index contributed by atoms with van der Waals surface area (Å²) in [6.45, 7) is 3.86. The van der Waals surface area contributed by atoms with Gasteiger partial charge in [-0.2, -0.15) is 0 Å². The fourth-order valence-corrected chi connectivity index (χ4v) is 2.13. The molecule has 1 heterocycles. The second kappa shape index (κ2) is 6.89. The van der Waals surface area contributed by atoms with Crippen molar-refractivity contribution in [1.29, 1.82) is 0 Å². The van der Waals surface area contributed by atoms with E-state index in [0.29, 0.717) is 19.5 Å². The summed E-state index contributed by atoms with van der Waals surface area (Å²) in [4.78, 5) is 26.4. The molecule has 1 aliphatic heterocycles. The molecule has 0 atom stereocenters. The number of anilines is 1. The van der Waals surface area contributed by atoms with Crippen LogP contribution in [0, 0.1) is 0 Å². The van der Waals surface area contributed by atoms with Gasteiger partial charge in [0, 0.05) is 44.8 Å². The zero-order chi connectivity index (χ0) is 13.5. The lowest BCUT2D eigenvalue weighted by molar-refractivity contribution is -0.108. The van der Waals surface area contributed by atoms with Gasteiger partial charge >= 0.3 is 6.03 Å². The maximum absolute atomic E-state index is 12.0. The number of carbonyl (C=O) groups excluding carboxylic acids is 2. The van der Waals surface area contributed by atoms with Gasteiger partial charge in [-0.25, -0.2) is 4.79 Å². The van der Waals surface area contributed by atoms with Gasteiger partial charge in [-0.15, -0.1) is 0 Å². The molecule has 0 unspecified atom stereocenters. The standard InChI is InChI=1S/C14H19N3O2/c18-12-4-7-16-8-10-17(11-9-16)14(19)15-13-5-2-1-3-6-13/h1-3,5-6,12H,4,7-11H2,(H,15,19). The molecule has 0 aromatic heterocycles. The van der Waals surface area contributed by atoms with E-state index >= 15 is 0 Å². The Morgan fingerprint density at radius 3 is 2.47 bits per heavy atom. The van der Waals surface area contributed by atoms with Gasteiger partial charge in [0.2, 0.25) is 0 Å². The molecule has 5 nitrogen and oxygen atoms in total. The summed E-state index contributed by atoms with van der Waals surface area (Å²) < 4.78 is 0. The minimum Gasteiger partial charge on any atom is -0.322 e. The van der Waals surface area contributed by atoms with Crippen molar-refractivity contribution >= 4 is 18.0 Å². The van der Waals surface area contributed by atoms with Crippen molar-refractivity contribution in [3.8, 4) is 0 Å². The maximum Gasteiger partial charge on any atom is 0.321 e. The fraction of sp³-hybridized carbons (Fsp3) is 0.429. The SMILES string of the molecule is O=CCCN1CCN(C(=O)Nc2ccccc2)CC1. The third-order valence-corrected chi connectivity index (χ3v) is 3.25. The normalized spacial score (nSPS) is 16.1. The second-order valence-electron chi connectivity index (χ2n) is 4.58. The number of urea groups is 1. The summed E-state index contributed by atoms with van der Waals surface area (Å²) in [5, 5.41) is 2.88. The molecule has 1 saturated heterocycles. The van der Waals surface area contributed by atoms with E-state index in [1.807, 2.05) is 35.2 Å². The number of piperazine rings is 1. The monoisotopic (exact) mass is 261 g/mol. The lowest BCUT2D eigenvalue weighted by atomic mass is 10.3. The highest BCUT2D eigenvalue weighted by Gasteiger charge is 2.20. The van der Waals surface area contributed by atoms with Crippen molar-refractivity contribution in [3.05, 3.63) is 30.3 Å². The van der Waals surface area contributed by atoms with Gasteiger partial charge in [-0.3, -0.25) is 4.90 Å². The van der Waals surface area contributed by atoms with E-state index in [-0.39, 0.29) is 6.03 Å². The molecule has 1 aromatic carbocycles. The first-order chi connectivity index (χ1) is 9.29. The number of nitrogens with zero attached hydrogens (tertiary/aromatic N) is 2. The molecule has 19 heavy (non-hydrogen) atoms. The summed E-state index contributed by atoms with van der Waals surface area (Å²) in [5.41, 5.74) is 0.816. The lowest BCUT2D eigenvalue weighted by Gasteiger charge is -2.34. The third kappa shape index (κ3) is 4.06. The molecule has 0 radical (unpaired) electrons. The first kappa shape index (κ1) is 13.5. The molecule has 0 spiro atoms. The number of nitrogens with one attached hydrogen (secondary N) is 1. The number of hydrogen-bond donors (Lipinski definition) is 1. The van der Waals surface area contributed by atoms with E-state index < -0.39 is 0 Å². The Balaban J connectivity index is 1.78. The van der Waals surface area contributed by atoms with Crippen LogP contribution in [0.4, 0.5) is 10.5 Å². The highest BCUT2D eigenvalue weighted by molar-refractivity contribution is 5.89. The molecule has 1 fully saturated rings. The fourth-order valence-electron chi connectivity index (χ4n) is 2.13. The lowest BCUT2D eigenvalue weighted by Crippen LogP contribution is -2.50. The van der Waals surface area contributed by atoms with E-state index in [1.54, 1.807) is 0 Å². The number of carbonyl (C=O) groups is 2. The Kier molecular flexibility index (Phi) is 4.92. The average molecular weight is 261 g/mol. The highest BCUT2D eigenvalue weighted by Crippen LogP contribution is 2.08. The van der Waals surface area contributed by atoms with Crippen LogP contribution in [0.15, 0.2) is 30.3 Å². The molecule has 2 rings (SSSR count). The summed E-state index contributed by atoms with van der Waals surface area (Å²) >= 11 is 0. The van der Waals surface area contributed by atoms with Crippen LogP contribution < -0.4 is 5.32 Å². The Morgan fingerprint density at radius 2 is 1.84 bits per heavy atom. The zero-order valence-corrected chi connectivity index (χ0v) is 10.9. The van der Waals surface area contributed by atoms with Crippen molar-refractivity contribution < 1.29 is 9.59 Å². The molecular formula is C14H19N3O2. The number of amides is 2. The average Bonchev–Trinajstić information content (AvgIpc) is 2.46. The Morgan fingerprint density at radius 1 is 1.16 bits per heavy atom. The van der Waals surface area contributed by atoms with Crippen LogP contribution in [0.5, 0.6) is 0 Å². The van der Waals surface area contributed by atoms with Gasteiger partial charge in [0.05, 0.1) is 0 Å². The largest absolute Gasteiger partial charge is 0.322 e. The van der Waals surface area contributed by atoms with Crippen LogP contribution in [0.25, 0.3) is 0 Å². The third-order valence-electron chi connectivity index (χ3n) is 3.25. The molecule has 0 aliphatic carbocycles. The Labute approximate surface area is 113 Å². The molecule has 0 saturated carbocycles. The van der Waals surface area contributed by atoms with Crippen LogP contribution in [0.1, 0.15) is 6.42 Å². The number of para-hydroxylation sites is 1. The topological polar surface area (TPSA) is 52.7 Å². The van der Waals surface area contributed by atoms with E-state index in [1.165, 1.54) is 0 Å². The zero-order valence-electron chi connectivity index (χ0n) is 10.9. The van der Waals surface area contributed by atoms with E-state index in [9.17, 15) is 9.59 Å². The summed E-state index contributed by atoms with van der Waals surface area (Å²) in [6.07, 6.45) is 1.50. The second-order valence-corrected chi connectivity index (χ2v) is 4.58. The van der Waals surface area contributed by atoms with Gasteiger partial charge < -0.3 is 15.0 Å². The first-order valence-electron chi connectivity index (χ1n) is 6.56. The molecule has 1 N–H and O–H groups in total. The predicted molar refractivity (Wildman–Crippen MR) is 74.2 cm³/mol. The van der Waals surface area contributed by atoms with E-state index in [0.717, 1.165) is 31.6 Å². The van der Waals surface area contributed by atoms with Crippen molar-refractivity contribution in [1.82, 2.24) is 9.80 Å². The minimum atomic E-state index is -0.0544. The summed E-state index contributed by atoms with van der Waals surface area (Å²) in [7, 11) is 0. The van der Waals surface area contributed by atoms with Gasteiger partial charge in [-0.05, 0) is 12.1 Å². The van der Waals surface area contributed by atoms with Crippen molar-refractivity contribution in [3.63, 3.8) is 0 Å². The smallest absolute Gasteiger partial charge is 0.321 e. The van der Waals surface area contributed by atoms with Crippen LogP contribution >= 0.6 is 0 Å². The molecule has 102 valence electrons. The molecule has 1 aromatic rings. The van der Waals surface area contributed by atoms with Gasteiger partial charge in [0.1, 0.15) is 6.29 Å². The number of benzene rings is 1.